The molecule has 1 rings (SSSR count). The molecule has 0 spiro atoms. The Morgan fingerprint density at radius 1 is 1.15 bits per heavy atom. The van der Waals surface area contributed by atoms with Crippen LogP contribution in [0.2, 0.25) is 0 Å². The SMILES string of the molecule is COCC(F)(F)c1ccc(CC(=O)OC(C)(C)C)cc1. The van der Waals surface area contributed by atoms with Gasteiger partial charge in [0.05, 0.1) is 6.42 Å². The van der Waals surface area contributed by atoms with Crippen LogP contribution in [0.15, 0.2) is 24.3 Å². The summed E-state index contributed by atoms with van der Waals surface area (Å²) in [6, 6.07) is 5.61. The monoisotopic (exact) mass is 286 g/mol. The van der Waals surface area contributed by atoms with Gasteiger partial charge >= 0.3 is 5.97 Å². The summed E-state index contributed by atoms with van der Waals surface area (Å²) < 4.78 is 36.8. The van der Waals surface area contributed by atoms with Crippen LogP contribution in [0.25, 0.3) is 0 Å². The molecule has 0 aliphatic heterocycles. The van der Waals surface area contributed by atoms with Gasteiger partial charge in [0.2, 0.25) is 0 Å². The van der Waals surface area contributed by atoms with E-state index >= 15 is 0 Å². The first-order valence-corrected chi connectivity index (χ1v) is 6.32. The average Bonchev–Trinajstić information content (AvgIpc) is 2.26. The summed E-state index contributed by atoms with van der Waals surface area (Å²) in [6.45, 7) is 4.66. The van der Waals surface area contributed by atoms with Gasteiger partial charge in [0.25, 0.3) is 5.92 Å². The van der Waals surface area contributed by atoms with E-state index in [0.717, 1.165) is 0 Å². The molecule has 0 saturated carbocycles. The van der Waals surface area contributed by atoms with E-state index < -0.39 is 18.1 Å². The predicted octanol–water partition coefficient (Wildman–Crippen LogP) is 3.31. The van der Waals surface area contributed by atoms with Gasteiger partial charge in [-0.2, -0.15) is 8.78 Å². The first kappa shape index (κ1) is 16.6. The van der Waals surface area contributed by atoms with E-state index in [-0.39, 0.29) is 18.0 Å². The molecule has 0 N–H and O–H groups in total. The van der Waals surface area contributed by atoms with Crippen LogP contribution >= 0.6 is 0 Å². The van der Waals surface area contributed by atoms with Gasteiger partial charge in [0.15, 0.2) is 0 Å². The van der Waals surface area contributed by atoms with Crippen molar-refractivity contribution in [2.45, 2.75) is 38.7 Å². The molecule has 1 aromatic rings. The maximum absolute atomic E-state index is 13.6. The van der Waals surface area contributed by atoms with E-state index in [0.29, 0.717) is 5.56 Å². The molecule has 0 saturated heterocycles. The van der Waals surface area contributed by atoms with Gasteiger partial charge in [-0.05, 0) is 26.3 Å². The molecule has 0 heterocycles. The third kappa shape index (κ3) is 5.25. The van der Waals surface area contributed by atoms with Crippen LogP contribution in [0.1, 0.15) is 31.9 Å². The molecule has 5 heteroatoms. The molecule has 0 fully saturated rings. The number of methoxy groups -OCH3 is 1. The number of ether oxygens (including phenoxy) is 2. The number of hydrogen-bond acceptors (Lipinski definition) is 3. The highest BCUT2D eigenvalue weighted by Gasteiger charge is 2.31. The van der Waals surface area contributed by atoms with E-state index in [9.17, 15) is 13.6 Å². The summed E-state index contributed by atoms with van der Waals surface area (Å²) in [6.07, 6.45) is 0.0629. The maximum Gasteiger partial charge on any atom is 0.310 e. The fourth-order valence-corrected chi connectivity index (χ4v) is 1.68. The second kappa shape index (κ2) is 6.31. The molecule has 3 nitrogen and oxygen atoms in total. The lowest BCUT2D eigenvalue weighted by Crippen LogP contribution is -2.25. The Labute approximate surface area is 117 Å². The number of hydrogen-bond donors (Lipinski definition) is 0. The highest BCUT2D eigenvalue weighted by molar-refractivity contribution is 5.73. The Bertz CT molecular complexity index is 447. The molecule has 112 valence electrons. The van der Waals surface area contributed by atoms with Crippen molar-refractivity contribution >= 4 is 5.97 Å². The van der Waals surface area contributed by atoms with Crippen LogP contribution in [0.5, 0.6) is 0 Å². The molecule has 0 atom stereocenters. The number of carbonyl (C=O) groups excluding carboxylic acids is 1. The normalized spacial score (nSPS) is 12.3. The minimum absolute atomic E-state index is 0.0629. The van der Waals surface area contributed by atoms with E-state index in [1.807, 2.05) is 0 Å². The third-order valence-corrected chi connectivity index (χ3v) is 2.47. The zero-order valence-corrected chi connectivity index (χ0v) is 12.2. The second-order valence-electron chi connectivity index (χ2n) is 5.60. The third-order valence-electron chi connectivity index (χ3n) is 2.47. The zero-order chi connectivity index (χ0) is 15.4. The van der Waals surface area contributed by atoms with Gasteiger partial charge in [-0.25, -0.2) is 0 Å². The minimum Gasteiger partial charge on any atom is -0.460 e. The highest BCUT2D eigenvalue weighted by atomic mass is 19.3. The Balaban J connectivity index is 2.70. The lowest BCUT2D eigenvalue weighted by atomic mass is 10.0. The summed E-state index contributed by atoms with van der Waals surface area (Å²) in [5, 5.41) is 0. The van der Waals surface area contributed by atoms with Crippen molar-refractivity contribution in [3.8, 4) is 0 Å². The molecule has 0 aromatic heterocycles. The van der Waals surface area contributed by atoms with E-state index in [4.69, 9.17) is 4.74 Å². The van der Waals surface area contributed by atoms with Crippen LogP contribution < -0.4 is 0 Å². The summed E-state index contributed by atoms with van der Waals surface area (Å²) in [5.41, 5.74) is -0.0498. The predicted molar refractivity (Wildman–Crippen MR) is 71.8 cm³/mol. The molecule has 20 heavy (non-hydrogen) atoms. The number of alkyl halides is 2. The number of halogens is 2. The highest BCUT2D eigenvalue weighted by Crippen LogP contribution is 2.28. The van der Waals surface area contributed by atoms with E-state index in [1.54, 1.807) is 20.8 Å². The van der Waals surface area contributed by atoms with Crippen molar-refractivity contribution in [2.24, 2.45) is 0 Å². The minimum atomic E-state index is -3.03. The Kier molecular flexibility index (Phi) is 5.22. The lowest BCUT2D eigenvalue weighted by Gasteiger charge is -2.19. The van der Waals surface area contributed by atoms with Crippen molar-refractivity contribution in [1.29, 1.82) is 0 Å². The van der Waals surface area contributed by atoms with Crippen LogP contribution in [0, 0.1) is 0 Å². The van der Waals surface area contributed by atoms with E-state index in [2.05, 4.69) is 4.74 Å². The largest absolute Gasteiger partial charge is 0.460 e. The van der Waals surface area contributed by atoms with Gasteiger partial charge in [-0.3, -0.25) is 4.79 Å². The molecule has 0 bridgehead atoms. The summed E-state index contributed by atoms with van der Waals surface area (Å²) in [4.78, 5) is 11.6. The van der Waals surface area contributed by atoms with Gasteiger partial charge in [-0.15, -0.1) is 0 Å². The fourth-order valence-electron chi connectivity index (χ4n) is 1.68. The Morgan fingerprint density at radius 3 is 2.15 bits per heavy atom. The molecule has 0 unspecified atom stereocenters. The van der Waals surface area contributed by atoms with E-state index in [1.165, 1.54) is 31.4 Å². The van der Waals surface area contributed by atoms with Gasteiger partial charge < -0.3 is 9.47 Å². The number of benzene rings is 1. The number of rotatable bonds is 5. The molecular formula is C15H20F2O3. The fraction of sp³-hybridized carbons (Fsp3) is 0.533. The number of carbonyl (C=O) groups is 1. The molecule has 0 aliphatic rings. The molecular weight excluding hydrogens is 266 g/mol. The first-order valence-electron chi connectivity index (χ1n) is 6.32. The summed E-state index contributed by atoms with van der Waals surface area (Å²) in [7, 11) is 1.23. The van der Waals surface area contributed by atoms with Crippen molar-refractivity contribution in [2.75, 3.05) is 13.7 Å². The van der Waals surface area contributed by atoms with Crippen LogP contribution in [0.4, 0.5) is 8.78 Å². The Hall–Kier alpha value is -1.49. The molecule has 0 aliphatic carbocycles. The standard InChI is InChI=1S/C15H20F2O3/c1-14(2,3)20-13(18)9-11-5-7-12(8-6-11)15(16,17)10-19-4/h5-8H,9-10H2,1-4H3. The van der Waals surface area contributed by atoms with Crippen molar-refractivity contribution < 1.29 is 23.0 Å². The van der Waals surface area contributed by atoms with Crippen molar-refractivity contribution in [3.63, 3.8) is 0 Å². The quantitative estimate of drug-likeness (QED) is 0.779. The molecule has 0 amide bonds. The molecule has 1 aromatic carbocycles. The topological polar surface area (TPSA) is 35.5 Å². The van der Waals surface area contributed by atoms with Crippen LogP contribution in [0.3, 0.4) is 0 Å². The Morgan fingerprint density at radius 2 is 1.70 bits per heavy atom. The summed E-state index contributed by atoms with van der Waals surface area (Å²) in [5.74, 6) is -3.41. The zero-order valence-electron chi connectivity index (χ0n) is 12.2. The smallest absolute Gasteiger partial charge is 0.310 e. The summed E-state index contributed by atoms with van der Waals surface area (Å²) >= 11 is 0. The van der Waals surface area contributed by atoms with Crippen molar-refractivity contribution in [1.82, 2.24) is 0 Å². The second-order valence-corrected chi connectivity index (χ2v) is 5.60. The molecule has 0 radical (unpaired) electrons. The first-order chi connectivity index (χ1) is 9.14. The lowest BCUT2D eigenvalue weighted by molar-refractivity contribution is -0.153. The average molecular weight is 286 g/mol. The van der Waals surface area contributed by atoms with Gasteiger partial charge in [0.1, 0.15) is 12.2 Å². The van der Waals surface area contributed by atoms with Crippen LogP contribution in [-0.2, 0) is 26.6 Å². The maximum atomic E-state index is 13.6. The van der Waals surface area contributed by atoms with Gasteiger partial charge in [0, 0.05) is 12.7 Å². The van der Waals surface area contributed by atoms with Gasteiger partial charge in [-0.1, -0.05) is 24.3 Å². The van der Waals surface area contributed by atoms with Crippen LogP contribution in [-0.4, -0.2) is 25.3 Å². The van der Waals surface area contributed by atoms with Crippen molar-refractivity contribution in [3.05, 3.63) is 35.4 Å². The number of esters is 1.